The smallest absolute Gasteiger partial charge is 0.258 e. The van der Waals surface area contributed by atoms with Gasteiger partial charge in [0, 0.05) is 18.1 Å². The summed E-state index contributed by atoms with van der Waals surface area (Å²) in [6.45, 7) is 9.90. The number of fused-ring (bicyclic) bond motifs is 1. The molecule has 0 aliphatic heterocycles. The van der Waals surface area contributed by atoms with Crippen LogP contribution in [0.2, 0.25) is 0 Å². The molecule has 1 aromatic carbocycles. The third-order valence-corrected chi connectivity index (χ3v) is 3.36. The molecule has 3 nitrogen and oxygen atoms in total. The van der Waals surface area contributed by atoms with Gasteiger partial charge in [0.1, 0.15) is 5.75 Å². The molecule has 1 heterocycles. The number of nitrogens with zero attached hydrogens (tertiary/aromatic N) is 1. The molecule has 0 spiro atoms. The van der Waals surface area contributed by atoms with Crippen molar-refractivity contribution in [3.8, 4) is 5.75 Å². The quantitative estimate of drug-likeness (QED) is 0.771. The summed E-state index contributed by atoms with van der Waals surface area (Å²) in [6.07, 6.45) is 3.98. The molecule has 2 rings (SSSR count). The van der Waals surface area contributed by atoms with Gasteiger partial charge in [-0.05, 0) is 17.9 Å². The topological polar surface area (TPSA) is 31.2 Å². The van der Waals surface area contributed by atoms with Crippen molar-refractivity contribution in [2.45, 2.75) is 47.1 Å². The van der Waals surface area contributed by atoms with Crippen molar-refractivity contribution < 1.29 is 4.74 Å². The van der Waals surface area contributed by atoms with E-state index in [2.05, 4.69) is 27.7 Å². The van der Waals surface area contributed by atoms with Crippen LogP contribution in [0.5, 0.6) is 5.75 Å². The molecule has 114 valence electrons. The lowest BCUT2D eigenvalue weighted by molar-refractivity contribution is 0.302. The second-order valence-electron chi connectivity index (χ2n) is 6.73. The van der Waals surface area contributed by atoms with E-state index in [1.165, 1.54) is 0 Å². The second-order valence-corrected chi connectivity index (χ2v) is 6.73. The van der Waals surface area contributed by atoms with Crippen LogP contribution in [0.4, 0.5) is 0 Å². The zero-order valence-electron chi connectivity index (χ0n) is 13.5. The maximum atomic E-state index is 12.6. The van der Waals surface area contributed by atoms with Gasteiger partial charge in [0.15, 0.2) is 0 Å². The second kappa shape index (κ2) is 6.33. The van der Waals surface area contributed by atoms with E-state index in [-0.39, 0.29) is 11.0 Å². The van der Waals surface area contributed by atoms with Crippen LogP contribution in [-0.4, -0.2) is 11.2 Å². The molecular weight excluding hydrogens is 262 g/mol. The van der Waals surface area contributed by atoms with Gasteiger partial charge in [-0.25, -0.2) is 0 Å². The van der Waals surface area contributed by atoms with E-state index in [4.69, 9.17) is 4.74 Å². The normalized spacial score (nSPS) is 11.8. The lowest BCUT2D eigenvalue weighted by atomic mass is 9.96. The fourth-order valence-electron chi connectivity index (χ4n) is 2.38. The molecule has 0 bridgehead atoms. The number of unbranched alkanes of at least 4 members (excludes halogenated alkanes) is 1. The van der Waals surface area contributed by atoms with Crippen molar-refractivity contribution in [2.24, 2.45) is 5.41 Å². The number of hydrogen-bond donors (Lipinski definition) is 0. The number of aromatic nitrogens is 1. The number of rotatable bonds is 5. The highest BCUT2D eigenvalue weighted by molar-refractivity contribution is 5.87. The molecule has 0 saturated heterocycles. The van der Waals surface area contributed by atoms with E-state index in [1.807, 2.05) is 30.5 Å². The first kappa shape index (κ1) is 15.6. The number of benzene rings is 1. The van der Waals surface area contributed by atoms with E-state index in [1.54, 1.807) is 4.57 Å². The van der Waals surface area contributed by atoms with Gasteiger partial charge in [0.05, 0.1) is 12.0 Å². The highest BCUT2D eigenvalue weighted by Crippen LogP contribution is 2.25. The van der Waals surface area contributed by atoms with Crippen LogP contribution in [0.3, 0.4) is 0 Å². The lowest BCUT2D eigenvalue weighted by Crippen LogP contribution is -2.26. The Morgan fingerprint density at radius 1 is 1.14 bits per heavy atom. The fraction of sp³-hybridized carbons (Fsp3) is 0.500. The number of ether oxygens (including phenoxy) is 1. The molecule has 0 radical (unpaired) electrons. The summed E-state index contributed by atoms with van der Waals surface area (Å²) in [5, 5.41) is 1.64. The first-order valence-corrected chi connectivity index (χ1v) is 7.67. The van der Waals surface area contributed by atoms with Gasteiger partial charge >= 0.3 is 0 Å². The molecule has 0 aliphatic carbocycles. The van der Waals surface area contributed by atoms with Crippen molar-refractivity contribution >= 4 is 10.8 Å². The van der Waals surface area contributed by atoms with Gasteiger partial charge in [0.2, 0.25) is 0 Å². The summed E-state index contributed by atoms with van der Waals surface area (Å²) in [5.74, 6) is 0.808. The fourth-order valence-corrected chi connectivity index (χ4v) is 2.38. The van der Waals surface area contributed by atoms with E-state index in [0.29, 0.717) is 13.2 Å². The Labute approximate surface area is 126 Å². The molecule has 0 atom stereocenters. The summed E-state index contributed by atoms with van der Waals surface area (Å²) >= 11 is 0. The highest BCUT2D eigenvalue weighted by atomic mass is 16.5. The number of pyridine rings is 1. The molecule has 0 aliphatic rings. The minimum Gasteiger partial charge on any atom is -0.491 e. The molecule has 0 amide bonds. The van der Waals surface area contributed by atoms with E-state index < -0.39 is 0 Å². The van der Waals surface area contributed by atoms with Gasteiger partial charge in [0.25, 0.3) is 5.56 Å². The minimum atomic E-state index is 0.0486. The average Bonchev–Trinajstić information content (AvgIpc) is 2.42. The van der Waals surface area contributed by atoms with Gasteiger partial charge in [-0.15, -0.1) is 0 Å². The SMILES string of the molecule is CCCCOc1cn(CC(C)(C)C)c(=O)c2ccccc12. The van der Waals surface area contributed by atoms with Crippen molar-refractivity contribution in [3.05, 3.63) is 40.8 Å². The zero-order valence-corrected chi connectivity index (χ0v) is 13.5. The van der Waals surface area contributed by atoms with E-state index in [9.17, 15) is 4.79 Å². The molecule has 21 heavy (non-hydrogen) atoms. The van der Waals surface area contributed by atoms with Crippen LogP contribution >= 0.6 is 0 Å². The molecule has 2 aromatic rings. The molecule has 0 N–H and O–H groups in total. The Balaban J connectivity index is 2.50. The Hall–Kier alpha value is -1.77. The number of hydrogen-bond acceptors (Lipinski definition) is 2. The van der Waals surface area contributed by atoms with Crippen LogP contribution in [0.15, 0.2) is 35.3 Å². The van der Waals surface area contributed by atoms with Crippen LogP contribution in [0, 0.1) is 5.41 Å². The minimum absolute atomic E-state index is 0.0486. The van der Waals surface area contributed by atoms with E-state index in [0.717, 1.165) is 29.4 Å². The van der Waals surface area contributed by atoms with Crippen LogP contribution in [0.25, 0.3) is 10.8 Å². The third-order valence-electron chi connectivity index (χ3n) is 3.36. The Morgan fingerprint density at radius 3 is 2.43 bits per heavy atom. The van der Waals surface area contributed by atoms with Gasteiger partial charge in [-0.2, -0.15) is 0 Å². The summed E-state index contributed by atoms with van der Waals surface area (Å²) in [5.41, 5.74) is 0.107. The lowest BCUT2D eigenvalue weighted by Gasteiger charge is -2.21. The van der Waals surface area contributed by atoms with Crippen molar-refractivity contribution in [2.75, 3.05) is 6.61 Å². The summed E-state index contributed by atoms with van der Waals surface area (Å²) < 4.78 is 7.69. The Bertz CT molecular complexity index is 665. The molecular formula is C18H25NO2. The molecule has 0 fully saturated rings. The molecule has 0 unspecified atom stereocenters. The standard InChI is InChI=1S/C18H25NO2/c1-5-6-11-21-16-12-19(13-18(2,3)4)17(20)15-10-8-7-9-14(15)16/h7-10,12H,5-6,11,13H2,1-4H3. The summed E-state index contributed by atoms with van der Waals surface area (Å²) in [6, 6.07) is 7.69. The van der Waals surface area contributed by atoms with Crippen molar-refractivity contribution in [1.29, 1.82) is 0 Å². The van der Waals surface area contributed by atoms with Gasteiger partial charge in [-0.3, -0.25) is 4.79 Å². The molecule has 3 heteroatoms. The maximum absolute atomic E-state index is 12.6. The highest BCUT2D eigenvalue weighted by Gasteiger charge is 2.15. The molecule has 0 saturated carbocycles. The van der Waals surface area contributed by atoms with E-state index >= 15 is 0 Å². The third kappa shape index (κ3) is 3.87. The summed E-state index contributed by atoms with van der Waals surface area (Å²) in [4.78, 5) is 12.6. The summed E-state index contributed by atoms with van der Waals surface area (Å²) in [7, 11) is 0. The van der Waals surface area contributed by atoms with Crippen LogP contribution in [-0.2, 0) is 6.54 Å². The van der Waals surface area contributed by atoms with Crippen molar-refractivity contribution in [3.63, 3.8) is 0 Å². The Kier molecular flexibility index (Phi) is 4.71. The first-order chi connectivity index (χ1) is 9.92. The predicted octanol–water partition coefficient (Wildman–Crippen LogP) is 4.23. The van der Waals surface area contributed by atoms with Crippen LogP contribution < -0.4 is 10.3 Å². The first-order valence-electron chi connectivity index (χ1n) is 7.67. The maximum Gasteiger partial charge on any atom is 0.258 e. The predicted molar refractivity (Wildman–Crippen MR) is 88.1 cm³/mol. The zero-order chi connectivity index (χ0) is 15.5. The van der Waals surface area contributed by atoms with Crippen LogP contribution in [0.1, 0.15) is 40.5 Å². The van der Waals surface area contributed by atoms with Gasteiger partial charge in [-0.1, -0.05) is 52.3 Å². The average molecular weight is 287 g/mol. The van der Waals surface area contributed by atoms with Crippen molar-refractivity contribution in [1.82, 2.24) is 4.57 Å². The monoisotopic (exact) mass is 287 g/mol. The largest absolute Gasteiger partial charge is 0.491 e. The molecule has 1 aromatic heterocycles. The Morgan fingerprint density at radius 2 is 1.81 bits per heavy atom. The van der Waals surface area contributed by atoms with Gasteiger partial charge < -0.3 is 9.30 Å².